The monoisotopic (exact) mass is 344 g/mol. The Morgan fingerprint density at radius 3 is 2.44 bits per heavy atom. The molecule has 2 atom stereocenters. The van der Waals surface area contributed by atoms with Crippen molar-refractivity contribution in [1.29, 1.82) is 0 Å². The third kappa shape index (κ3) is 4.53. The van der Waals surface area contributed by atoms with Gasteiger partial charge >= 0.3 is 0 Å². The molecule has 0 aliphatic heterocycles. The van der Waals surface area contributed by atoms with Gasteiger partial charge in [-0.25, -0.2) is 0 Å². The minimum atomic E-state index is 0.0188. The van der Waals surface area contributed by atoms with E-state index in [1.807, 2.05) is 24.3 Å². The highest BCUT2D eigenvalue weighted by Gasteiger charge is 2.45. The lowest BCUT2D eigenvalue weighted by atomic mass is 9.89. The van der Waals surface area contributed by atoms with Crippen LogP contribution in [0.2, 0.25) is 0 Å². The zero-order chi connectivity index (χ0) is 17.6. The summed E-state index contributed by atoms with van der Waals surface area (Å²) in [6, 6.07) is 7.88. The Bertz CT molecular complexity index is 611. The molecule has 2 aliphatic carbocycles. The molecule has 2 amide bonds. The Balaban J connectivity index is 1.37. The zero-order valence-corrected chi connectivity index (χ0v) is 14.9. The van der Waals surface area contributed by atoms with Crippen molar-refractivity contribution in [3.63, 3.8) is 0 Å². The van der Waals surface area contributed by atoms with Crippen molar-refractivity contribution in [3.8, 4) is 5.75 Å². The fraction of sp³-hybridized carbons (Fsp3) is 0.600. The Labute approximate surface area is 149 Å². The molecule has 2 fully saturated rings. The molecule has 2 aliphatic rings. The summed E-state index contributed by atoms with van der Waals surface area (Å²) < 4.78 is 5.38. The minimum absolute atomic E-state index is 0.0188. The van der Waals surface area contributed by atoms with Crippen molar-refractivity contribution >= 4 is 11.8 Å². The molecule has 136 valence electrons. The van der Waals surface area contributed by atoms with Gasteiger partial charge in [0.05, 0.1) is 7.11 Å². The first-order valence-electron chi connectivity index (χ1n) is 9.39. The van der Waals surface area contributed by atoms with Crippen molar-refractivity contribution in [2.45, 2.75) is 44.4 Å². The third-order valence-electron chi connectivity index (χ3n) is 5.37. The molecule has 0 aromatic heterocycles. The summed E-state index contributed by atoms with van der Waals surface area (Å²) in [7, 11) is 1.66. The van der Waals surface area contributed by atoms with E-state index in [2.05, 4.69) is 10.6 Å². The van der Waals surface area contributed by atoms with Crippen molar-refractivity contribution in [2.75, 3.05) is 20.2 Å². The molecule has 0 radical (unpaired) electrons. The molecular weight excluding hydrogens is 316 g/mol. The largest absolute Gasteiger partial charge is 0.496 e. The number of ether oxygens (including phenoxy) is 1. The van der Waals surface area contributed by atoms with Gasteiger partial charge in [-0.3, -0.25) is 9.59 Å². The summed E-state index contributed by atoms with van der Waals surface area (Å²) in [4.78, 5) is 24.3. The Morgan fingerprint density at radius 1 is 1.04 bits per heavy atom. The molecule has 0 heterocycles. The van der Waals surface area contributed by atoms with Gasteiger partial charge in [0.15, 0.2) is 0 Å². The Morgan fingerprint density at radius 2 is 1.72 bits per heavy atom. The minimum Gasteiger partial charge on any atom is -0.496 e. The van der Waals surface area contributed by atoms with E-state index in [9.17, 15) is 9.59 Å². The van der Waals surface area contributed by atoms with Crippen molar-refractivity contribution < 1.29 is 14.3 Å². The van der Waals surface area contributed by atoms with Crippen molar-refractivity contribution in [2.24, 2.45) is 11.8 Å². The van der Waals surface area contributed by atoms with Gasteiger partial charge in [-0.2, -0.15) is 0 Å². The molecule has 25 heavy (non-hydrogen) atoms. The van der Waals surface area contributed by atoms with Gasteiger partial charge in [-0.1, -0.05) is 37.5 Å². The summed E-state index contributed by atoms with van der Waals surface area (Å²) in [6.45, 7) is 1.000. The zero-order valence-electron chi connectivity index (χ0n) is 14.9. The van der Waals surface area contributed by atoms with Gasteiger partial charge in [0, 0.05) is 24.9 Å². The van der Waals surface area contributed by atoms with E-state index in [0.717, 1.165) is 43.4 Å². The maximum atomic E-state index is 12.3. The van der Waals surface area contributed by atoms with E-state index in [4.69, 9.17) is 4.74 Å². The summed E-state index contributed by atoms with van der Waals surface area (Å²) in [5.74, 6) is 1.50. The maximum Gasteiger partial charge on any atom is 0.223 e. The highest BCUT2D eigenvalue weighted by Crippen LogP contribution is 2.50. The number of nitrogens with one attached hydrogen (secondary N) is 2. The van der Waals surface area contributed by atoms with E-state index < -0.39 is 0 Å². The van der Waals surface area contributed by atoms with Crippen LogP contribution in [-0.2, 0) is 9.59 Å². The van der Waals surface area contributed by atoms with Crippen LogP contribution in [0, 0.1) is 11.8 Å². The Hall–Kier alpha value is -2.04. The van der Waals surface area contributed by atoms with Crippen LogP contribution < -0.4 is 15.4 Å². The fourth-order valence-electron chi connectivity index (χ4n) is 3.81. The number of para-hydroxylation sites is 1. The molecule has 2 saturated carbocycles. The topological polar surface area (TPSA) is 67.4 Å². The molecule has 5 nitrogen and oxygen atoms in total. The standard InChI is InChI=1S/C20H28N2O3/c1-25-18-10-6-5-9-15(18)16-13-17(16)20(24)22-12-11-21-19(23)14-7-3-2-4-8-14/h5-6,9-10,14,16-17H,2-4,7-8,11-13H2,1H3,(H,21,23)(H,22,24)/t16-,17+/m0/s1. The second kappa shape index (κ2) is 8.37. The number of hydrogen-bond donors (Lipinski definition) is 2. The molecule has 1 aromatic carbocycles. The average Bonchev–Trinajstić information content (AvgIpc) is 3.46. The lowest BCUT2D eigenvalue weighted by molar-refractivity contribution is -0.126. The number of hydrogen-bond acceptors (Lipinski definition) is 3. The normalized spacial score (nSPS) is 22.9. The Kier molecular flexibility index (Phi) is 5.95. The molecule has 1 aromatic rings. The highest BCUT2D eigenvalue weighted by molar-refractivity contribution is 5.83. The van der Waals surface area contributed by atoms with E-state index in [1.54, 1.807) is 7.11 Å². The van der Waals surface area contributed by atoms with Crippen LogP contribution >= 0.6 is 0 Å². The van der Waals surface area contributed by atoms with E-state index in [-0.39, 0.29) is 29.6 Å². The number of carbonyl (C=O) groups excluding carboxylic acids is 2. The first kappa shape index (κ1) is 17.8. The molecular formula is C20H28N2O3. The van der Waals surface area contributed by atoms with Gasteiger partial charge in [-0.15, -0.1) is 0 Å². The van der Waals surface area contributed by atoms with Crippen molar-refractivity contribution in [3.05, 3.63) is 29.8 Å². The predicted octanol–water partition coefficient (Wildman–Crippen LogP) is 2.61. The summed E-state index contributed by atoms with van der Waals surface area (Å²) in [5, 5.41) is 5.90. The quantitative estimate of drug-likeness (QED) is 0.747. The molecule has 2 N–H and O–H groups in total. The smallest absolute Gasteiger partial charge is 0.223 e. The van der Waals surface area contributed by atoms with Crippen molar-refractivity contribution in [1.82, 2.24) is 10.6 Å². The molecule has 0 saturated heterocycles. The van der Waals surface area contributed by atoms with Gasteiger partial charge in [0.2, 0.25) is 11.8 Å². The highest BCUT2D eigenvalue weighted by atomic mass is 16.5. The molecule has 0 bridgehead atoms. The van der Waals surface area contributed by atoms with Crippen LogP contribution in [0.1, 0.15) is 50.0 Å². The molecule has 0 unspecified atom stereocenters. The fourth-order valence-corrected chi connectivity index (χ4v) is 3.81. The van der Waals surface area contributed by atoms with Crippen LogP contribution in [0.4, 0.5) is 0 Å². The summed E-state index contributed by atoms with van der Waals surface area (Å²) >= 11 is 0. The second-order valence-electron chi connectivity index (χ2n) is 7.11. The molecule has 0 spiro atoms. The second-order valence-corrected chi connectivity index (χ2v) is 7.11. The van der Waals surface area contributed by atoms with Gasteiger partial charge in [-0.05, 0) is 36.8 Å². The van der Waals surface area contributed by atoms with E-state index in [0.29, 0.717) is 13.1 Å². The summed E-state index contributed by atoms with van der Waals surface area (Å²) in [5.41, 5.74) is 1.11. The maximum absolute atomic E-state index is 12.3. The number of amides is 2. The number of benzene rings is 1. The van der Waals surface area contributed by atoms with Crippen LogP contribution in [0.5, 0.6) is 5.75 Å². The van der Waals surface area contributed by atoms with E-state index in [1.165, 1.54) is 6.42 Å². The van der Waals surface area contributed by atoms with Crippen LogP contribution in [-0.4, -0.2) is 32.0 Å². The predicted molar refractivity (Wildman–Crippen MR) is 96.4 cm³/mol. The average molecular weight is 344 g/mol. The number of methoxy groups -OCH3 is 1. The molecule has 3 rings (SSSR count). The molecule has 5 heteroatoms. The third-order valence-corrected chi connectivity index (χ3v) is 5.37. The lowest BCUT2D eigenvalue weighted by Gasteiger charge is -2.20. The van der Waals surface area contributed by atoms with Gasteiger partial charge in [0.25, 0.3) is 0 Å². The number of carbonyl (C=O) groups is 2. The summed E-state index contributed by atoms with van der Waals surface area (Å²) in [6.07, 6.45) is 6.42. The van der Waals surface area contributed by atoms with Crippen LogP contribution in [0.25, 0.3) is 0 Å². The van der Waals surface area contributed by atoms with Gasteiger partial charge < -0.3 is 15.4 Å². The first-order chi connectivity index (χ1) is 12.2. The SMILES string of the molecule is COc1ccccc1[C@@H]1C[C@H]1C(=O)NCCNC(=O)C1CCCCC1. The van der Waals surface area contributed by atoms with Crippen LogP contribution in [0.3, 0.4) is 0 Å². The number of rotatable bonds is 7. The van der Waals surface area contributed by atoms with Crippen LogP contribution in [0.15, 0.2) is 24.3 Å². The first-order valence-corrected chi connectivity index (χ1v) is 9.39. The van der Waals surface area contributed by atoms with Gasteiger partial charge in [0.1, 0.15) is 5.75 Å². The lowest BCUT2D eigenvalue weighted by Crippen LogP contribution is -2.38. The van der Waals surface area contributed by atoms with E-state index >= 15 is 0 Å².